The van der Waals surface area contributed by atoms with Crippen LogP contribution in [-0.2, 0) is 23.9 Å². The van der Waals surface area contributed by atoms with Crippen molar-refractivity contribution in [2.75, 3.05) is 49.4 Å². The molecular weight excluding hydrogens is 693 g/mol. The first-order valence-electron chi connectivity index (χ1n) is 16.3. The Bertz CT molecular complexity index is 2170. The summed E-state index contributed by atoms with van der Waals surface area (Å²) in [6.07, 6.45) is -0.0351. The van der Waals surface area contributed by atoms with Gasteiger partial charge >= 0.3 is 6.18 Å². The number of pyridine rings is 2. The first-order chi connectivity index (χ1) is 24.2. The lowest BCUT2D eigenvalue weighted by Gasteiger charge is -2.54. The molecule has 1 aliphatic heterocycles. The van der Waals surface area contributed by atoms with Crippen LogP contribution >= 0.6 is 11.6 Å². The van der Waals surface area contributed by atoms with Crippen molar-refractivity contribution >= 4 is 51.8 Å². The molecule has 2 fully saturated rings. The van der Waals surface area contributed by atoms with E-state index in [1.54, 1.807) is 35.4 Å². The number of nitrogens with zero attached hydrogens (tertiary/aromatic N) is 6. The number of aryl methyl sites for hydroxylation is 1. The molecule has 0 spiro atoms. The zero-order chi connectivity index (χ0) is 36.9. The van der Waals surface area contributed by atoms with E-state index in [-0.39, 0.29) is 70.5 Å². The van der Waals surface area contributed by atoms with Crippen LogP contribution in [0.2, 0.25) is 5.02 Å². The minimum atomic E-state index is -4.61. The molecule has 13 nitrogen and oxygen atoms in total. The SMILES string of the molecule is CCc1c(N2CCN(C(=O)c3c(OC)[nH]cc(C)c3=O)[C@H]3CC[C@@H]32)c(=O)c2nc(N(C)C)cnc2n1CC(=O)Nc1ccc(C(F)(F)F)cc1Cl. The Morgan fingerprint density at radius 3 is 2.47 bits per heavy atom. The largest absolute Gasteiger partial charge is 0.482 e. The molecule has 0 radical (unpaired) electrons. The number of carbonyl (C=O) groups is 2. The molecular formula is C34H36ClF3N8O5. The Kier molecular flexibility index (Phi) is 9.48. The number of fused-ring (bicyclic) bond motifs is 2. The van der Waals surface area contributed by atoms with Crippen LogP contribution in [0.3, 0.4) is 0 Å². The summed E-state index contributed by atoms with van der Waals surface area (Å²) in [6, 6.07) is 2.06. The van der Waals surface area contributed by atoms with Crippen molar-refractivity contribution in [3.63, 3.8) is 0 Å². The van der Waals surface area contributed by atoms with E-state index < -0.39 is 29.0 Å². The van der Waals surface area contributed by atoms with Crippen molar-refractivity contribution in [3.05, 3.63) is 78.4 Å². The van der Waals surface area contributed by atoms with Gasteiger partial charge in [0, 0.05) is 50.7 Å². The number of methoxy groups -OCH3 is 1. The second-order valence-electron chi connectivity index (χ2n) is 12.7. The smallest absolute Gasteiger partial charge is 0.416 e. The van der Waals surface area contributed by atoms with Crippen LogP contribution in [0.4, 0.5) is 30.4 Å². The van der Waals surface area contributed by atoms with E-state index in [4.69, 9.17) is 16.3 Å². The molecule has 0 bridgehead atoms. The van der Waals surface area contributed by atoms with Gasteiger partial charge in [0.2, 0.25) is 22.6 Å². The lowest BCUT2D eigenvalue weighted by Crippen LogP contribution is -2.67. The third-order valence-corrected chi connectivity index (χ3v) is 9.79. The van der Waals surface area contributed by atoms with Gasteiger partial charge in [0.1, 0.15) is 23.6 Å². The van der Waals surface area contributed by atoms with Crippen molar-refractivity contribution in [3.8, 4) is 5.88 Å². The van der Waals surface area contributed by atoms with Gasteiger partial charge < -0.3 is 34.3 Å². The predicted molar refractivity (Wildman–Crippen MR) is 186 cm³/mol. The Labute approximate surface area is 295 Å². The molecule has 1 aromatic carbocycles. The predicted octanol–water partition coefficient (Wildman–Crippen LogP) is 4.23. The van der Waals surface area contributed by atoms with Crippen LogP contribution in [0.15, 0.2) is 40.2 Å². The molecule has 2 amide bonds. The second-order valence-corrected chi connectivity index (χ2v) is 13.1. The standard InChI is InChI=1S/C34H36ClF3N8O5/c1-6-21-28(44-11-12-45(23-10-9-22(23)44)33(50)26-29(48)17(2)14-40-32(26)51-5)30(49)27-31(39-15-24(42-27)43(3)4)46(21)16-25(47)41-20-8-7-18(13-19(20)35)34(36,37)38/h7-8,13-15,22-23H,6,9-12,16H2,1-5H3,(H,40,48)(H,41,47)/t22-,23-/m0/s1. The number of alkyl halides is 3. The van der Waals surface area contributed by atoms with E-state index in [2.05, 4.69) is 20.3 Å². The monoisotopic (exact) mass is 728 g/mol. The van der Waals surface area contributed by atoms with Crippen molar-refractivity contribution in [1.29, 1.82) is 0 Å². The normalized spacial score (nSPS) is 17.2. The first kappa shape index (κ1) is 35.7. The minimum Gasteiger partial charge on any atom is -0.482 e. The highest BCUT2D eigenvalue weighted by molar-refractivity contribution is 6.33. The summed E-state index contributed by atoms with van der Waals surface area (Å²) in [7, 11) is 4.88. The average Bonchev–Trinajstić information content (AvgIpc) is 3.07. The van der Waals surface area contributed by atoms with Crippen LogP contribution in [0, 0.1) is 6.92 Å². The molecule has 4 aromatic rings. The van der Waals surface area contributed by atoms with Crippen molar-refractivity contribution < 1.29 is 27.5 Å². The third-order valence-electron chi connectivity index (χ3n) is 9.47. The van der Waals surface area contributed by atoms with Crippen LogP contribution in [0.25, 0.3) is 11.2 Å². The van der Waals surface area contributed by atoms with Gasteiger partial charge in [0.05, 0.1) is 35.6 Å². The minimum absolute atomic E-state index is 0.0126. The van der Waals surface area contributed by atoms with Gasteiger partial charge in [-0.3, -0.25) is 19.2 Å². The lowest BCUT2D eigenvalue weighted by atomic mass is 9.81. The Morgan fingerprint density at radius 2 is 1.86 bits per heavy atom. The van der Waals surface area contributed by atoms with E-state index in [0.717, 1.165) is 18.2 Å². The number of piperazine rings is 1. The fraction of sp³-hybridized carbons (Fsp3) is 0.412. The van der Waals surface area contributed by atoms with E-state index >= 15 is 0 Å². The number of carbonyl (C=O) groups excluding carboxylic acids is 2. The average molecular weight is 729 g/mol. The quantitative estimate of drug-likeness (QED) is 0.272. The van der Waals surface area contributed by atoms with Gasteiger partial charge in [0.25, 0.3) is 5.91 Å². The van der Waals surface area contributed by atoms with Crippen molar-refractivity contribution in [2.45, 2.75) is 57.9 Å². The number of hydrogen-bond acceptors (Lipinski definition) is 9. The maximum atomic E-state index is 14.4. The highest BCUT2D eigenvalue weighted by Gasteiger charge is 2.47. The topological polar surface area (TPSA) is 146 Å². The highest BCUT2D eigenvalue weighted by atomic mass is 35.5. The number of rotatable bonds is 8. The maximum Gasteiger partial charge on any atom is 0.416 e. The number of ether oxygens (including phenoxy) is 1. The van der Waals surface area contributed by atoms with E-state index in [1.165, 1.54) is 19.5 Å². The Morgan fingerprint density at radius 1 is 1.14 bits per heavy atom. The molecule has 0 unspecified atom stereocenters. The van der Waals surface area contributed by atoms with E-state index in [0.29, 0.717) is 42.0 Å². The first-order valence-corrected chi connectivity index (χ1v) is 16.6. The van der Waals surface area contributed by atoms with Gasteiger partial charge in [0.15, 0.2) is 11.2 Å². The molecule has 2 atom stereocenters. The summed E-state index contributed by atoms with van der Waals surface area (Å²) < 4.78 is 46.5. The van der Waals surface area contributed by atoms with E-state index in [1.807, 2.05) is 11.8 Å². The number of halogens is 4. The molecule has 2 aliphatic rings. The van der Waals surface area contributed by atoms with Crippen LogP contribution in [0.5, 0.6) is 5.88 Å². The van der Waals surface area contributed by atoms with Crippen LogP contribution < -0.4 is 30.7 Å². The third kappa shape index (κ3) is 6.36. The number of nitrogens with one attached hydrogen (secondary N) is 2. The van der Waals surface area contributed by atoms with Crippen LogP contribution in [0.1, 0.15) is 46.9 Å². The zero-order valence-corrected chi connectivity index (χ0v) is 29.3. The lowest BCUT2D eigenvalue weighted by molar-refractivity contribution is -0.137. The number of benzene rings is 1. The summed E-state index contributed by atoms with van der Waals surface area (Å²) in [5, 5.41) is 2.30. The number of hydrogen-bond donors (Lipinski definition) is 2. The number of anilines is 3. The van der Waals surface area contributed by atoms with Crippen LogP contribution in [-0.4, -0.2) is 82.6 Å². The number of aromatic nitrogens is 4. The molecule has 51 heavy (non-hydrogen) atoms. The van der Waals surface area contributed by atoms with Crippen molar-refractivity contribution in [2.24, 2.45) is 0 Å². The summed E-state index contributed by atoms with van der Waals surface area (Å²) in [5.41, 5.74) is -0.486. The van der Waals surface area contributed by atoms with Gasteiger partial charge in [-0.2, -0.15) is 13.2 Å². The molecule has 2 N–H and O–H groups in total. The summed E-state index contributed by atoms with van der Waals surface area (Å²) in [6.45, 7) is 3.54. The fourth-order valence-corrected chi connectivity index (χ4v) is 7.00. The van der Waals surface area contributed by atoms with E-state index in [9.17, 15) is 32.3 Å². The van der Waals surface area contributed by atoms with Crippen molar-refractivity contribution in [1.82, 2.24) is 24.4 Å². The molecule has 1 saturated carbocycles. The maximum absolute atomic E-state index is 14.4. The Hall–Kier alpha value is -5.12. The van der Waals surface area contributed by atoms with Gasteiger partial charge in [-0.05, 0) is 44.4 Å². The summed E-state index contributed by atoms with van der Waals surface area (Å²) in [4.78, 5) is 72.2. The molecule has 4 heterocycles. The Balaban J connectivity index is 1.39. The second kappa shape index (κ2) is 13.5. The molecule has 1 aliphatic carbocycles. The summed E-state index contributed by atoms with van der Waals surface area (Å²) in [5.74, 6) is -0.588. The van der Waals surface area contributed by atoms with Gasteiger partial charge in [-0.15, -0.1) is 0 Å². The molecule has 3 aromatic heterocycles. The summed E-state index contributed by atoms with van der Waals surface area (Å²) >= 11 is 6.12. The number of aromatic amines is 1. The molecule has 17 heteroatoms. The fourth-order valence-electron chi connectivity index (χ4n) is 6.77. The van der Waals surface area contributed by atoms with Gasteiger partial charge in [-0.25, -0.2) is 9.97 Å². The highest BCUT2D eigenvalue weighted by Crippen LogP contribution is 2.39. The number of amides is 2. The zero-order valence-electron chi connectivity index (χ0n) is 28.5. The van der Waals surface area contributed by atoms with Gasteiger partial charge in [-0.1, -0.05) is 18.5 Å². The molecule has 270 valence electrons. The molecule has 6 rings (SSSR count). The molecule has 1 saturated heterocycles. The number of H-pyrrole nitrogens is 1.